The molecule has 1 saturated heterocycles. The zero-order chi connectivity index (χ0) is 24.9. The van der Waals surface area contributed by atoms with E-state index in [-0.39, 0.29) is 5.02 Å². The van der Waals surface area contributed by atoms with E-state index < -0.39 is 17.6 Å². The van der Waals surface area contributed by atoms with Gasteiger partial charge in [-0.2, -0.15) is 23.3 Å². The van der Waals surface area contributed by atoms with E-state index in [0.29, 0.717) is 65.9 Å². The molecule has 182 valence electrons. The summed E-state index contributed by atoms with van der Waals surface area (Å²) < 4.78 is 54.6. The van der Waals surface area contributed by atoms with Crippen LogP contribution < -0.4 is 15.5 Å². The van der Waals surface area contributed by atoms with E-state index in [1.807, 2.05) is 9.80 Å². The second-order valence-electron chi connectivity index (χ2n) is 8.23. The van der Waals surface area contributed by atoms with E-state index in [9.17, 15) is 17.6 Å². The number of hydrogen-bond acceptors (Lipinski definition) is 6. The number of alkyl halides is 3. The number of fused-ring (bicyclic) bond motifs is 1. The van der Waals surface area contributed by atoms with Crippen LogP contribution in [-0.2, 0) is 13.2 Å². The molecule has 4 aromatic rings. The van der Waals surface area contributed by atoms with E-state index in [0.717, 1.165) is 12.1 Å². The van der Waals surface area contributed by atoms with Gasteiger partial charge in [0.15, 0.2) is 5.65 Å². The molecule has 2 N–H and O–H groups in total. The molecule has 0 radical (unpaired) electrons. The summed E-state index contributed by atoms with van der Waals surface area (Å²) in [6.45, 7) is 1.91. The molecule has 1 aliphatic rings. The lowest BCUT2D eigenvalue weighted by atomic mass is 10.1. The van der Waals surface area contributed by atoms with Gasteiger partial charge in [-0.3, -0.25) is 4.68 Å². The van der Waals surface area contributed by atoms with E-state index >= 15 is 0 Å². The fraction of sp³-hybridized carbons (Fsp3) is 0.261. The van der Waals surface area contributed by atoms with Crippen molar-refractivity contribution in [1.29, 1.82) is 0 Å². The largest absolute Gasteiger partial charge is 0.416 e. The van der Waals surface area contributed by atoms with Gasteiger partial charge in [0.05, 0.1) is 21.7 Å². The van der Waals surface area contributed by atoms with Gasteiger partial charge in [-0.15, -0.1) is 0 Å². The van der Waals surface area contributed by atoms with Crippen molar-refractivity contribution in [2.45, 2.75) is 6.18 Å². The topological polar surface area (TPSA) is 76.1 Å². The Bertz CT molecular complexity index is 1410. The number of halogens is 5. The lowest BCUT2D eigenvalue weighted by Gasteiger charge is -2.36. The molecule has 1 fully saturated rings. The molecule has 1 aliphatic heterocycles. The fourth-order valence-electron chi connectivity index (χ4n) is 4.14. The van der Waals surface area contributed by atoms with Gasteiger partial charge >= 0.3 is 6.18 Å². The number of anilines is 3. The van der Waals surface area contributed by atoms with Crippen LogP contribution in [0.3, 0.4) is 0 Å². The zero-order valence-corrected chi connectivity index (χ0v) is 19.3. The zero-order valence-electron chi connectivity index (χ0n) is 18.5. The van der Waals surface area contributed by atoms with Crippen LogP contribution in [0.25, 0.3) is 22.3 Å². The van der Waals surface area contributed by atoms with E-state index in [1.54, 1.807) is 19.2 Å². The fourth-order valence-corrected chi connectivity index (χ4v) is 4.32. The normalized spacial score (nSPS) is 14.7. The van der Waals surface area contributed by atoms with Crippen molar-refractivity contribution in [3.63, 3.8) is 0 Å². The van der Waals surface area contributed by atoms with Crippen LogP contribution in [0.5, 0.6) is 0 Å². The third kappa shape index (κ3) is 4.31. The summed E-state index contributed by atoms with van der Waals surface area (Å²) in [5, 5.41) is 4.86. The van der Waals surface area contributed by atoms with Crippen molar-refractivity contribution in [3.8, 4) is 11.3 Å². The third-order valence-electron chi connectivity index (χ3n) is 6.02. The van der Waals surface area contributed by atoms with Gasteiger partial charge in [0.25, 0.3) is 0 Å². The predicted octanol–water partition coefficient (Wildman–Crippen LogP) is 4.75. The maximum Gasteiger partial charge on any atom is 0.416 e. The average Bonchev–Trinajstić information content (AvgIpc) is 3.13. The summed E-state index contributed by atoms with van der Waals surface area (Å²) >= 11 is 6.01. The summed E-state index contributed by atoms with van der Waals surface area (Å²) in [5.41, 5.74) is 7.45. The molecule has 3 heterocycles. The Morgan fingerprint density at radius 3 is 2.37 bits per heavy atom. The molecule has 0 spiro atoms. The first kappa shape index (κ1) is 23.2. The second kappa shape index (κ2) is 8.56. The minimum Gasteiger partial charge on any atom is -0.383 e. The number of benzene rings is 2. The van der Waals surface area contributed by atoms with Crippen molar-refractivity contribution < 1.29 is 17.6 Å². The molecular weight excluding hydrogens is 486 g/mol. The first-order valence-corrected chi connectivity index (χ1v) is 11.1. The van der Waals surface area contributed by atoms with Crippen molar-refractivity contribution in [2.24, 2.45) is 7.05 Å². The maximum atomic E-state index is 13.8. The first-order chi connectivity index (χ1) is 16.6. The van der Waals surface area contributed by atoms with Crippen LogP contribution in [-0.4, -0.2) is 45.9 Å². The van der Waals surface area contributed by atoms with Crippen molar-refractivity contribution in [2.75, 3.05) is 41.7 Å². The van der Waals surface area contributed by atoms with Crippen LogP contribution in [0.2, 0.25) is 5.02 Å². The third-order valence-corrected chi connectivity index (χ3v) is 6.31. The molecule has 0 saturated carbocycles. The molecule has 2 aromatic heterocycles. The molecular formula is C23H20ClF4N7. The average molecular weight is 506 g/mol. The summed E-state index contributed by atoms with van der Waals surface area (Å²) in [7, 11) is 1.69. The van der Waals surface area contributed by atoms with Crippen LogP contribution in [0.15, 0.2) is 42.5 Å². The molecule has 7 nitrogen and oxygen atoms in total. The Morgan fingerprint density at radius 1 is 0.971 bits per heavy atom. The summed E-state index contributed by atoms with van der Waals surface area (Å²) in [5.74, 6) is 0.205. The molecule has 12 heteroatoms. The smallest absolute Gasteiger partial charge is 0.383 e. The molecule has 2 aromatic carbocycles. The van der Waals surface area contributed by atoms with E-state index in [2.05, 4.69) is 10.1 Å². The minimum absolute atomic E-state index is 0.0482. The highest BCUT2D eigenvalue weighted by Crippen LogP contribution is 2.35. The lowest BCUT2D eigenvalue weighted by molar-refractivity contribution is -0.137. The van der Waals surface area contributed by atoms with Gasteiger partial charge in [-0.1, -0.05) is 17.7 Å². The highest BCUT2D eigenvalue weighted by Gasteiger charge is 2.31. The minimum atomic E-state index is -4.40. The van der Waals surface area contributed by atoms with Gasteiger partial charge in [-0.05, 0) is 36.4 Å². The SMILES string of the molecule is Cn1nc2nc(N3CCN(c4cccc(C(F)(F)F)c4)CC3)nc(-c3ccc(F)c(Cl)c3)c2c1N. The van der Waals surface area contributed by atoms with E-state index in [1.165, 1.54) is 22.9 Å². The molecule has 0 atom stereocenters. The van der Waals surface area contributed by atoms with Crippen molar-refractivity contribution >= 4 is 40.1 Å². The van der Waals surface area contributed by atoms with Crippen molar-refractivity contribution in [3.05, 3.63) is 58.9 Å². The Morgan fingerprint density at radius 2 is 1.69 bits per heavy atom. The number of aryl methyl sites for hydroxylation is 1. The molecule has 0 amide bonds. The number of nitrogens with zero attached hydrogens (tertiary/aromatic N) is 6. The van der Waals surface area contributed by atoms with E-state index in [4.69, 9.17) is 22.3 Å². The maximum absolute atomic E-state index is 13.8. The number of rotatable bonds is 3. The molecule has 0 aliphatic carbocycles. The summed E-state index contributed by atoms with van der Waals surface area (Å²) in [6.07, 6.45) is -4.40. The Hall–Kier alpha value is -3.60. The molecule has 35 heavy (non-hydrogen) atoms. The quantitative estimate of drug-likeness (QED) is 0.405. The number of nitrogen functional groups attached to an aromatic ring is 1. The van der Waals surface area contributed by atoms with Gasteiger partial charge in [0, 0.05) is 44.5 Å². The van der Waals surface area contributed by atoms with Crippen LogP contribution >= 0.6 is 11.6 Å². The van der Waals surface area contributed by atoms with Gasteiger partial charge in [-0.25, -0.2) is 9.37 Å². The molecule has 0 unspecified atom stereocenters. The highest BCUT2D eigenvalue weighted by atomic mass is 35.5. The second-order valence-corrected chi connectivity index (χ2v) is 8.64. The predicted molar refractivity (Wildman–Crippen MR) is 127 cm³/mol. The van der Waals surface area contributed by atoms with Gasteiger partial charge < -0.3 is 15.5 Å². The monoisotopic (exact) mass is 505 g/mol. The summed E-state index contributed by atoms with van der Waals surface area (Å²) in [4.78, 5) is 13.1. The molecule has 5 rings (SSSR count). The Labute approximate surface area is 202 Å². The van der Waals surface area contributed by atoms with Crippen molar-refractivity contribution in [1.82, 2.24) is 19.7 Å². The highest BCUT2D eigenvalue weighted by molar-refractivity contribution is 6.31. The number of hydrogen-bond donors (Lipinski definition) is 1. The number of piperazine rings is 1. The van der Waals surface area contributed by atoms with Gasteiger partial charge in [0.2, 0.25) is 5.95 Å². The Kier molecular flexibility index (Phi) is 5.66. The van der Waals surface area contributed by atoms with Crippen LogP contribution in [0.1, 0.15) is 5.56 Å². The first-order valence-electron chi connectivity index (χ1n) is 10.7. The molecule has 0 bridgehead atoms. The lowest BCUT2D eigenvalue weighted by Crippen LogP contribution is -2.47. The van der Waals surface area contributed by atoms with Crippen LogP contribution in [0.4, 0.5) is 35.0 Å². The Balaban J connectivity index is 1.46. The number of aromatic nitrogens is 4. The summed E-state index contributed by atoms with van der Waals surface area (Å²) in [6, 6.07) is 9.58. The van der Waals surface area contributed by atoms with Crippen LogP contribution in [0, 0.1) is 5.82 Å². The standard InChI is InChI=1S/C23H20ClF4N7/c1-33-20(29)18-19(13-5-6-17(25)16(24)11-13)30-22(31-21(18)32-33)35-9-7-34(8-10-35)15-4-2-3-14(12-15)23(26,27)28/h2-6,11-12H,7-10,29H2,1H3. The number of nitrogens with two attached hydrogens (primary N) is 1. The van der Waals surface area contributed by atoms with Gasteiger partial charge in [0.1, 0.15) is 11.6 Å².